The highest BCUT2D eigenvalue weighted by atomic mass is 32.2. The van der Waals surface area contributed by atoms with Crippen molar-refractivity contribution in [3.8, 4) is 11.5 Å². The molecule has 0 radical (unpaired) electrons. The molecule has 0 bridgehead atoms. The third-order valence-electron chi connectivity index (χ3n) is 5.81. The molecule has 0 saturated carbocycles. The number of fused-ring (bicyclic) bond motifs is 1. The van der Waals surface area contributed by atoms with Crippen LogP contribution in [0.4, 0.5) is 5.69 Å². The molecule has 4 rings (SSSR count). The second kappa shape index (κ2) is 11.2. The lowest BCUT2D eigenvalue weighted by Gasteiger charge is -2.19. The number of sulfonamides is 1. The Morgan fingerprint density at radius 3 is 2.64 bits per heavy atom. The van der Waals surface area contributed by atoms with E-state index in [2.05, 4.69) is 20.7 Å². The summed E-state index contributed by atoms with van der Waals surface area (Å²) in [4.78, 5) is 25.3. The molecule has 2 aliphatic rings. The maximum Gasteiger partial charge on any atom is 0.252 e. The fraction of sp³-hybridized carbons (Fsp3) is 0.440. The summed E-state index contributed by atoms with van der Waals surface area (Å²) in [6.45, 7) is 5.37. The van der Waals surface area contributed by atoms with Crippen molar-refractivity contribution in [1.29, 1.82) is 0 Å². The van der Waals surface area contributed by atoms with Gasteiger partial charge in [0, 0.05) is 30.4 Å². The molecule has 0 aliphatic carbocycles. The van der Waals surface area contributed by atoms with E-state index in [0.29, 0.717) is 49.9 Å². The molecule has 0 aromatic heterocycles. The van der Waals surface area contributed by atoms with Crippen LogP contribution < -0.4 is 30.1 Å². The average Bonchev–Trinajstić information content (AvgIpc) is 3.05. The third kappa shape index (κ3) is 6.46. The van der Waals surface area contributed by atoms with Crippen molar-refractivity contribution >= 4 is 27.5 Å². The molecule has 194 valence electrons. The van der Waals surface area contributed by atoms with Crippen LogP contribution in [0.3, 0.4) is 0 Å². The minimum Gasteiger partial charge on any atom is -0.486 e. The van der Waals surface area contributed by atoms with Crippen LogP contribution in [0.15, 0.2) is 41.3 Å². The highest BCUT2D eigenvalue weighted by Crippen LogP contribution is 2.31. The molecule has 2 amide bonds. The van der Waals surface area contributed by atoms with Gasteiger partial charge in [-0.15, -0.1) is 0 Å². The average molecular weight is 517 g/mol. The SMILES string of the molecule is CC(C)NS(=O)(=O)c1cc(NCc2ccc3c(c2)OCCO3)cc(C(=O)N[C@H]2CCCCNC2=O)c1. The van der Waals surface area contributed by atoms with Crippen LogP contribution in [-0.2, 0) is 21.4 Å². The molecule has 4 N–H and O–H groups in total. The summed E-state index contributed by atoms with van der Waals surface area (Å²) in [5.74, 6) is 0.586. The number of carbonyl (C=O) groups excluding carboxylic acids is 2. The second-order valence-corrected chi connectivity index (χ2v) is 10.9. The molecule has 10 nitrogen and oxygen atoms in total. The zero-order valence-electron chi connectivity index (χ0n) is 20.4. The van der Waals surface area contributed by atoms with E-state index >= 15 is 0 Å². The zero-order valence-corrected chi connectivity index (χ0v) is 21.2. The van der Waals surface area contributed by atoms with Crippen molar-refractivity contribution in [2.75, 3.05) is 25.1 Å². The predicted octanol–water partition coefficient (Wildman–Crippen LogP) is 2.16. The topological polar surface area (TPSA) is 135 Å². The van der Waals surface area contributed by atoms with Gasteiger partial charge in [-0.05, 0) is 69.0 Å². The number of benzene rings is 2. The molecule has 1 fully saturated rings. The Hall–Kier alpha value is -3.31. The number of rotatable bonds is 8. The zero-order chi connectivity index (χ0) is 25.7. The number of nitrogens with one attached hydrogen (secondary N) is 4. The fourth-order valence-electron chi connectivity index (χ4n) is 4.09. The van der Waals surface area contributed by atoms with Crippen LogP contribution in [0.25, 0.3) is 0 Å². The summed E-state index contributed by atoms with van der Waals surface area (Å²) in [6.07, 6.45) is 2.18. The van der Waals surface area contributed by atoms with Gasteiger partial charge in [0.1, 0.15) is 19.3 Å². The molecular formula is C25H32N4O6S. The van der Waals surface area contributed by atoms with Crippen molar-refractivity contribution in [2.45, 2.75) is 56.6 Å². The first kappa shape index (κ1) is 25.8. The van der Waals surface area contributed by atoms with E-state index in [9.17, 15) is 18.0 Å². The van der Waals surface area contributed by atoms with Crippen LogP contribution in [-0.4, -0.2) is 52.1 Å². The van der Waals surface area contributed by atoms with Gasteiger partial charge in [-0.3, -0.25) is 9.59 Å². The maximum absolute atomic E-state index is 13.1. The number of carbonyl (C=O) groups is 2. The first-order chi connectivity index (χ1) is 17.2. The molecule has 11 heteroatoms. The van der Waals surface area contributed by atoms with Crippen LogP contribution in [0.2, 0.25) is 0 Å². The number of hydrogen-bond donors (Lipinski definition) is 4. The molecule has 2 heterocycles. The Balaban J connectivity index is 1.58. The molecule has 36 heavy (non-hydrogen) atoms. The van der Waals surface area contributed by atoms with Crippen LogP contribution in [0.5, 0.6) is 11.5 Å². The number of hydrogen-bond acceptors (Lipinski definition) is 7. The summed E-state index contributed by atoms with van der Waals surface area (Å²) in [6, 6.07) is 8.98. The summed E-state index contributed by atoms with van der Waals surface area (Å²) >= 11 is 0. The predicted molar refractivity (Wildman–Crippen MR) is 135 cm³/mol. The smallest absolute Gasteiger partial charge is 0.252 e. The van der Waals surface area contributed by atoms with E-state index in [0.717, 1.165) is 18.4 Å². The van der Waals surface area contributed by atoms with Gasteiger partial charge in [0.15, 0.2) is 11.5 Å². The van der Waals surface area contributed by atoms with E-state index < -0.39 is 22.0 Å². The lowest BCUT2D eigenvalue weighted by atomic mass is 10.1. The minimum atomic E-state index is -3.87. The monoisotopic (exact) mass is 516 g/mol. The van der Waals surface area contributed by atoms with Crippen molar-refractivity contribution in [3.63, 3.8) is 0 Å². The maximum atomic E-state index is 13.1. The highest BCUT2D eigenvalue weighted by Gasteiger charge is 2.25. The first-order valence-electron chi connectivity index (χ1n) is 12.1. The van der Waals surface area contributed by atoms with E-state index in [-0.39, 0.29) is 22.4 Å². The molecule has 1 atom stereocenters. The quantitative estimate of drug-likeness (QED) is 0.422. The van der Waals surface area contributed by atoms with E-state index in [1.807, 2.05) is 18.2 Å². The largest absolute Gasteiger partial charge is 0.486 e. The number of anilines is 1. The minimum absolute atomic E-state index is 0.0427. The second-order valence-electron chi connectivity index (χ2n) is 9.17. The molecule has 2 aliphatic heterocycles. The molecule has 0 unspecified atom stereocenters. The van der Waals surface area contributed by atoms with E-state index in [1.165, 1.54) is 12.1 Å². The molecule has 1 saturated heterocycles. The third-order valence-corrected chi connectivity index (χ3v) is 7.45. The van der Waals surface area contributed by atoms with Gasteiger partial charge < -0.3 is 25.4 Å². The summed E-state index contributed by atoms with van der Waals surface area (Å²) in [7, 11) is -3.87. The van der Waals surface area contributed by atoms with Crippen molar-refractivity contribution in [3.05, 3.63) is 47.5 Å². The molecular weight excluding hydrogens is 484 g/mol. The summed E-state index contributed by atoms with van der Waals surface area (Å²) < 4.78 is 39.6. The first-order valence-corrected chi connectivity index (χ1v) is 13.6. The van der Waals surface area contributed by atoms with E-state index in [4.69, 9.17) is 9.47 Å². The van der Waals surface area contributed by atoms with Gasteiger partial charge in [0.05, 0.1) is 4.90 Å². The van der Waals surface area contributed by atoms with Crippen molar-refractivity contribution < 1.29 is 27.5 Å². The van der Waals surface area contributed by atoms with Gasteiger partial charge in [0.2, 0.25) is 15.9 Å². The van der Waals surface area contributed by atoms with Crippen molar-refractivity contribution in [2.24, 2.45) is 0 Å². The van der Waals surface area contributed by atoms with Gasteiger partial charge >= 0.3 is 0 Å². The summed E-state index contributed by atoms with van der Waals surface area (Å²) in [5.41, 5.74) is 1.49. The number of amides is 2. The highest BCUT2D eigenvalue weighted by molar-refractivity contribution is 7.89. The van der Waals surface area contributed by atoms with Crippen LogP contribution >= 0.6 is 0 Å². The van der Waals surface area contributed by atoms with Crippen LogP contribution in [0.1, 0.15) is 49.0 Å². The fourth-order valence-corrected chi connectivity index (χ4v) is 5.41. The standard InChI is InChI=1S/C25H32N4O6S/c1-16(2)29-36(32,33)20-13-18(24(30)28-21-5-3-4-8-26-25(21)31)12-19(14-20)27-15-17-6-7-22-23(11-17)35-10-9-34-22/h6-7,11-14,16,21,27,29H,3-5,8-10,15H2,1-2H3,(H,26,31)(H,28,30)/t21-/m0/s1. The Labute approximate surface area is 211 Å². The normalized spacial score (nSPS) is 17.8. The molecule has 0 spiro atoms. The van der Waals surface area contributed by atoms with Gasteiger partial charge in [-0.25, -0.2) is 13.1 Å². The van der Waals surface area contributed by atoms with Gasteiger partial charge in [-0.2, -0.15) is 0 Å². The van der Waals surface area contributed by atoms with Crippen molar-refractivity contribution in [1.82, 2.24) is 15.4 Å². The van der Waals surface area contributed by atoms with Gasteiger partial charge in [-0.1, -0.05) is 6.07 Å². The molecule has 2 aromatic carbocycles. The lowest BCUT2D eigenvalue weighted by molar-refractivity contribution is -0.122. The number of ether oxygens (including phenoxy) is 2. The molecule has 2 aromatic rings. The van der Waals surface area contributed by atoms with Crippen LogP contribution in [0, 0.1) is 0 Å². The Morgan fingerprint density at radius 2 is 1.86 bits per heavy atom. The summed E-state index contributed by atoms with van der Waals surface area (Å²) in [5, 5.41) is 8.75. The van der Waals surface area contributed by atoms with E-state index in [1.54, 1.807) is 19.9 Å². The Kier molecular flexibility index (Phi) is 8.00. The van der Waals surface area contributed by atoms with Gasteiger partial charge in [0.25, 0.3) is 5.91 Å². The Morgan fingerprint density at radius 1 is 1.08 bits per heavy atom. The Bertz CT molecular complexity index is 1230. The lowest BCUT2D eigenvalue weighted by Crippen LogP contribution is -2.45.